The van der Waals surface area contributed by atoms with Gasteiger partial charge in [-0.05, 0) is 50.3 Å². The van der Waals surface area contributed by atoms with Gasteiger partial charge in [-0.3, -0.25) is 9.11 Å². The van der Waals surface area contributed by atoms with Gasteiger partial charge in [0.2, 0.25) is 0 Å². The van der Waals surface area contributed by atoms with Crippen molar-refractivity contribution in [2.24, 2.45) is 0 Å². The molecule has 0 bridgehead atoms. The summed E-state index contributed by atoms with van der Waals surface area (Å²) in [7, 11) is -2.85. The standard InChI is InChI=1S/C15H25NO2S/c1-11(2)14-7-9-15(10-8-14)19(17,18)16-12(3)5-6-13(16)4/h7-13,17-18H,5-6H2,1-4H3. The lowest BCUT2D eigenvalue weighted by molar-refractivity contribution is 0.301. The van der Waals surface area contributed by atoms with Crippen LogP contribution in [0.5, 0.6) is 0 Å². The molecule has 4 heteroatoms. The van der Waals surface area contributed by atoms with Gasteiger partial charge >= 0.3 is 0 Å². The molecule has 0 radical (unpaired) electrons. The molecule has 2 rings (SSSR count). The fraction of sp³-hybridized carbons (Fsp3) is 0.600. The van der Waals surface area contributed by atoms with Crippen molar-refractivity contribution in [1.29, 1.82) is 0 Å². The third-order valence-electron chi connectivity index (χ3n) is 4.03. The average molecular weight is 283 g/mol. The summed E-state index contributed by atoms with van der Waals surface area (Å²) in [4.78, 5) is 0.637. The van der Waals surface area contributed by atoms with E-state index in [0.717, 1.165) is 12.8 Å². The largest absolute Gasteiger partial charge is 0.281 e. The van der Waals surface area contributed by atoms with E-state index < -0.39 is 10.8 Å². The Hall–Kier alpha value is -0.550. The molecule has 2 unspecified atom stereocenters. The minimum absolute atomic E-state index is 0.227. The van der Waals surface area contributed by atoms with E-state index >= 15 is 0 Å². The molecular weight excluding hydrogens is 258 g/mol. The van der Waals surface area contributed by atoms with E-state index in [-0.39, 0.29) is 12.1 Å². The van der Waals surface area contributed by atoms with E-state index in [1.54, 1.807) is 0 Å². The molecule has 19 heavy (non-hydrogen) atoms. The first-order valence-electron chi connectivity index (χ1n) is 7.00. The first kappa shape index (κ1) is 14.9. The maximum absolute atomic E-state index is 10.6. The van der Waals surface area contributed by atoms with Gasteiger partial charge in [0.25, 0.3) is 0 Å². The Labute approximate surface area is 118 Å². The first-order chi connectivity index (χ1) is 8.84. The third kappa shape index (κ3) is 2.82. The predicted octanol–water partition coefficient (Wildman–Crippen LogP) is 4.71. The van der Waals surface area contributed by atoms with E-state index in [4.69, 9.17) is 0 Å². The Balaban J connectivity index is 2.28. The second-order valence-corrected chi connectivity index (χ2v) is 7.81. The molecule has 0 amide bonds. The van der Waals surface area contributed by atoms with Crippen LogP contribution in [-0.4, -0.2) is 25.5 Å². The topological polar surface area (TPSA) is 43.7 Å². The monoisotopic (exact) mass is 283 g/mol. The highest BCUT2D eigenvalue weighted by molar-refractivity contribution is 8.22. The molecule has 1 aliphatic heterocycles. The summed E-state index contributed by atoms with van der Waals surface area (Å²) in [6.45, 7) is 8.41. The molecule has 0 saturated carbocycles. The normalized spacial score (nSPS) is 26.1. The van der Waals surface area contributed by atoms with Crippen LogP contribution in [0.15, 0.2) is 29.2 Å². The summed E-state index contributed by atoms with van der Waals surface area (Å²) >= 11 is 0. The van der Waals surface area contributed by atoms with Crippen LogP contribution in [0.25, 0.3) is 0 Å². The molecule has 0 aromatic heterocycles. The highest BCUT2D eigenvalue weighted by Gasteiger charge is 2.37. The van der Waals surface area contributed by atoms with Crippen molar-refractivity contribution >= 4 is 10.8 Å². The second kappa shape index (κ2) is 5.44. The van der Waals surface area contributed by atoms with Crippen molar-refractivity contribution in [2.45, 2.75) is 63.4 Å². The van der Waals surface area contributed by atoms with Gasteiger partial charge in [0.15, 0.2) is 0 Å². The Morgan fingerprint density at radius 2 is 1.53 bits per heavy atom. The van der Waals surface area contributed by atoms with E-state index in [1.165, 1.54) is 5.56 Å². The molecule has 1 heterocycles. The molecule has 2 N–H and O–H groups in total. The Bertz CT molecular complexity index is 420. The molecular formula is C15H25NO2S. The lowest BCUT2D eigenvalue weighted by atomic mass is 10.0. The lowest BCUT2D eigenvalue weighted by Gasteiger charge is -2.45. The van der Waals surface area contributed by atoms with Crippen LogP contribution in [-0.2, 0) is 0 Å². The summed E-state index contributed by atoms with van der Waals surface area (Å²) in [6.07, 6.45) is 2.06. The molecule has 0 spiro atoms. The summed E-state index contributed by atoms with van der Waals surface area (Å²) in [5.41, 5.74) is 1.22. The van der Waals surface area contributed by atoms with Crippen LogP contribution in [0.4, 0.5) is 0 Å². The van der Waals surface area contributed by atoms with Gasteiger partial charge in [0.05, 0.1) is 4.90 Å². The zero-order chi connectivity index (χ0) is 14.2. The second-order valence-electron chi connectivity index (χ2n) is 5.88. The number of rotatable bonds is 3. The highest BCUT2D eigenvalue weighted by atomic mass is 32.3. The molecule has 108 valence electrons. The fourth-order valence-corrected chi connectivity index (χ4v) is 4.79. The summed E-state index contributed by atoms with van der Waals surface area (Å²) in [5, 5.41) is 0. The van der Waals surface area contributed by atoms with E-state index in [2.05, 4.69) is 27.7 Å². The van der Waals surface area contributed by atoms with Crippen molar-refractivity contribution < 1.29 is 9.11 Å². The smallest absolute Gasteiger partial charge is 0.0753 e. The van der Waals surface area contributed by atoms with Crippen molar-refractivity contribution in [3.63, 3.8) is 0 Å². The Morgan fingerprint density at radius 1 is 1.05 bits per heavy atom. The molecule has 2 atom stereocenters. The number of hydrogen-bond donors (Lipinski definition) is 2. The van der Waals surface area contributed by atoms with E-state index in [0.29, 0.717) is 10.8 Å². The molecule has 1 aliphatic rings. The summed E-state index contributed by atoms with van der Waals surface area (Å²) in [5.74, 6) is 0.459. The van der Waals surface area contributed by atoms with Crippen molar-refractivity contribution in [1.82, 2.24) is 4.31 Å². The van der Waals surface area contributed by atoms with Crippen molar-refractivity contribution in [3.8, 4) is 0 Å². The van der Waals surface area contributed by atoms with Gasteiger partial charge in [0, 0.05) is 12.1 Å². The Morgan fingerprint density at radius 3 is 1.95 bits per heavy atom. The zero-order valence-electron chi connectivity index (χ0n) is 12.2. The fourth-order valence-electron chi connectivity index (χ4n) is 2.83. The molecule has 1 aromatic rings. The molecule has 0 aliphatic carbocycles. The maximum Gasteiger partial charge on any atom is 0.0753 e. The van der Waals surface area contributed by atoms with Gasteiger partial charge in [-0.1, -0.05) is 26.0 Å². The quantitative estimate of drug-likeness (QED) is 0.844. The number of benzene rings is 1. The van der Waals surface area contributed by atoms with Crippen molar-refractivity contribution in [3.05, 3.63) is 29.8 Å². The van der Waals surface area contributed by atoms with Crippen LogP contribution in [0.1, 0.15) is 52.0 Å². The third-order valence-corrected chi connectivity index (χ3v) is 6.24. The van der Waals surface area contributed by atoms with Gasteiger partial charge < -0.3 is 0 Å². The first-order valence-corrected chi connectivity index (χ1v) is 8.51. The molecule has 1 fully saturated rings. The zero-order valence-corrected chi connectivity index (χ0v) is 13.0. The number of hydrogen-bond acceptors (Lipinski definition) is 3. The average Bonchev–Trinajstić information content (AvgIpc) is 2.69. The van der Waals surface area contributed by atoms with Crippen LogP contribution >= 0.6 is 10.8 Å². The highest BCUT2D eigenvalue weighted by Crippen LogP contribution is 2.56. The minimum Gasteiger partial charge on any atom is -0.281 e. The maximum atomic E-state index is 10.6. The van der Waals surface area contributed by atoms with Gasteiger partial charge in [-0.25, -0.2) is 0 Å². The van der Waals surface area contributed by atoms with Crippen LogP contribution < -0.4 is 0 Å². The van der Waals surface area contributed by atoms with Crippen molar-refractivity contribution in [2.75, 3.05) is 0 Å². The van der Waals surface area contributed by atoms with Gasteiger partial charge in [0.1, 0.15) is 0 Å². The van der Waals surface area contributed by atoms with Gasteiger partial charge in [-0.2, -0.15) is 4.31 Å². The number of nitrogens with zero attached hydrogens (tertiary/aromatic N) is 1. The Kier molecular flexibility index (Phi) is 4.26. The summed E-state index contributed by atoms with van der Waals surface area (Å²) in [6, 6.07) is 8.18. The van der Waals surface area contributed by atoms with E-state index in [9.17, 15) is 9.11 Å². The predicted molar refractivity (Wildman–Crippen MR) is 81.6 cm³/mol. The SMILES string of the molecule is CC(C)c1ccc(S(O)(O)N2C(C)CCC2C)cc1. The van der Waals surface area contributed by atoms with Crippen LogP contribution in [0.2, 0.25) is 0 Å². The molecule has 3 nitrogen and oxygen atoms in total. The van der Waals surface area contributed by atoms with Crippen LogP contribution in [0, 0.1) is 0 Å². The van der Waals surface area contributed by atoms with Crippen LogP contribution in [0.3, 0.4) is 0 Å². The van der Waals surface area contributed by atoms with Gasteiger partial charge in [-0.15, -0.1) is 10.8 Å². The lowest BCUT2D eigenvalue weighted by Crippen LogP contribution is -2.35. The minimum atomic E-state index is -2.85. The molecule has 1 saturated heterocycles. The summed E-state index contributed by atoms with van der Waals surface area (Å²) < 4.78 is 23.1. The van der Waals surface area contributed by atoms with E-state index in [1.807, 2.05) is 28.6 Å². The molecule has 1 aromatic carbocycles.